The minimum atomic E-state index is -0.658. The lowest BCUT2D eigenvalue weighted by Gasteiger charge is -2.34. The molecule has 1 heterocycles. The van der Waals surface area contributed by atoms with E-state index in [4.69, 9.17) is 10.5 Å². The number of hydrogen-bond acceptors (Lipinski definition) is 3. The molecule has 1 saturated heterocycles. The van der Waals surface area contributed by atoms with E-state index in [0.29, 0.717) is 31.6 Å². The Morgan fingerprint density at radius 2 is 1.85 bits per heavy atom. The number of hydrogen-bond donors (Lipinski definition) is 2. The fourth-order valence-corrected chi connectivity index (χ4v) is 2.37. The van der Waals surface area contributed by atoms with Crippen LogP contribution in [0.5, 0.6) is 0 Å². The monoisotopic (exact) mass is 284 g/mol. The van der Waals surface area contributed by atoms with Crippen LogP contribution in [0.4, 0.5) is 8.78 Å². The number of amides is 1. The van der Waals surface area contributed by atoms with Gasteiger partial charge in [-0.2, -0.15) is 0 Å². The first-order chi connectivity index (χ1) is 9.55. The Labute approximate surface area is 116 Å². The fraction of sp³-hybridized carbons (Fsp3) is 0.500. The van der Waals surface area contributed by atoms with Crippen LogP contribution >= 0.6 is 0 Å². The largest absolute Gasteiger partial charge is 0.381 e. The van der Waals surface area contributed by atoms with Crippen LogP contribution in [0.25, 0.3) is 0 Å². The molecular formula is C14H18F2N2O2. The third-order valence-corrected chi connectivity index (χ3v) is 3.70. The number of carbonyl (C=O) groups excluding carboxylic acids is 1. The Morgan fingerprint density at radius 1 is 1.25 bits per heavy atom. The summed E-state index contributed by atoms with van der Waals surface area (Å²) in [6.07, 6.45) is 1.12. The second-order valence-corrected chi connectivity index (χ2v) is 5.06. The standard InChI is InChI=1S/C14H18F2N2O2/c15-11-5-10(6-12(16)7-11)8-18-13(19)14(9-17)1-3-20-4-2-14/h5-7H,1-4,8-9,17H2,(H,18,19). The van der Waals surface area contributed by atoms with E-state index in [-0.39, 0.29) is 19.0 Å². The molecule has 0 aliphatic carbocycles. The Morgan fingerprint density at radius 3 is 2.40 bits per heavy atom. The predicted molar refractivity (Wildman–Crippen MR) is 69.7 cm³/mol. The first-order valence-electron chi connectivity index (χ1n) is 6.57. The second kappa shape index (κ2) is 6.28. The normalized spacial score (nSPS) is 17.8. The minimum Gasteiger partial charge on any atom is -0.381 e. The molecule has 0 unspecified atom stereocenters. The van der Waals surface area contributed by atoms with Gasteiger partial charge in [0.05, 0.1) is 5.41 Å². The molecule has 0 radical (unpaired) electrons. The highest BCUT2D eigenvalue weighted by Crippen LogP contribution is 2.29. The molecule has 1 fully saturated rings. The van der Waals surface area contributed by atoms with E-state index in [0.717, 1.165) is 6.07 Å². The highest BCUT2D eigenvalue weighted by atomic mass is 19.1. The van der Waals surface area contributed by atoms with Gasteiger partial charge in [0.25, 0.3) is 0 Å². The van der Waals surface area contributed by atoms with Crippen molar-refractivity contribution in [3.05, 3.63) is 35.4 Å². The predicted octanol–water partition coefficient (Wildman–Crippen LogP) is 1.34. The van der Waals surface area contributed by atoms with Crippen molar-refractivity contribution in [3.63, 3.8) is 0 Å². The molecule has 1 aliphatic rings. The Balaban J connectivity index is 2.00. The van der Waals surface area contributed by atoms with Crippen LogP contribution in [-0.2, 0) is 16.1 Å². The van der Waals surface area contributed by atoms with Crippen LogP contribution in [-0.4, -0.2) is 25.7 Å². The molecule has 2 rings (SSSR count). The minimum absolute atomic E-state index is 0.0795. The molecule has 0 bridgehead atoms. The molecule has 0 spiro atoms. The van der Waals surface area contributed by atoms with E-state index in [9.17, 15) is 13.6 Å². The lowest BCUT2D eigenvalue weighted by Crippen LogP contribution is -2.48. The lowest BCUT2D eigenvalue weighted by molar-refractivity contribution is -0.136. The van der Waals surface area contributed by atoms with Crippen LogP contribution in [0.1, 0.15) is 18.4 Å². The Hall–Kier alpha value is -1.53. The number of nitrogens with two attached hydrogens (primary N) is 1. The fourth-order valence-electron chi connectivity index (χ4n) is 2.37. The number of ether oxygens (including phenoxy) is 1. The number of carbonyl (C=O) groups is 1. The maximum Gasteiger partial charge on any atom is 0.227 e. The van der Waals surface area contributed by atoms with E-state index in [1.165, 1.54) is 12.1 Å². The Kier molecular flexibility index (Phi) is 4.67. The average Bonchev–Trinajstić information content (AvgIpc) is 2.44. The molecule has 1 amide bonds. The smallest absolute Gasteiger partial charge is 0.227 e. The van der Waals surface area contributed by atoms with E-state index in [1.807, 2.05) is 0 Å². The van der Waals surface area contributed by atoms with Gasteiger partial charge in [0, 0.05) is 32.4 Å². The van der Waals surface area contributed by atoms with Crippen molar-refractivity contribution in [3.8, 4) is 0 Å². The number of rotatable bonds is 4. The zero-order chi connectivity index (χ0) is 14.6. The van der Waals surface area contributed by atoms with Crippen molar-refractivity contribution >= 4 is 5.91 Å². The number of nitrogens with one attached hydrogen (secondary N) is 1. The molecule has 1 aromatic carbocycles. The zero-order valence-corrected chi connectivity index (χ0v) is 11.1. The second-order valence-electron chi connectivity index (χ2n) is 5.06. The summed E-state index contributed by atoms with van der Waals surface area (Å²) >= 11 is 0. The molecule has 0 saturated carbocycles. The van der Waals surface area contributed by atoms with Gasteiger partial charge in [-0.15, -0.1) is 0 Å². The molecule has 4 nitrogen and oxygen atoms in total. The van der Waals surface area contributed by atoms with Crippen molar-refractivity contribution in [2.45, 2.75) is 19.4 Å². The van der Waals surface area contributed by atoms with E-state index >= 15 is 0 Å². The molecule has 0 aromatic heterocycles. The van der Waals surface area contributed by atoms with Crippen molar-refractivity contribution < 1.29 is 18.3 Å². The van der Waals surface area contributed by atoms with Crippen molar-refractivity contribution in [1.82, 2.24) is 5.32 Å². The van der Waals surface area contributed by atoms with Crippen molar-refractivity contribution in [2.24, 2.45) is 11.1 Å². The topological polar surface area (TPSA) is 64.4 Å². The van der Waals surface area contributed by atoms with E-state index < -0.39 is 17.0 Å². The maximum atomic E-state index is 13.1. The third-order valence-electron chi connectivity index (χ3n) is 3.70. The van der Waals surface area contributed by atoms with Gasteiger partial charge in [0.1, 0.15) is 11.6 Å². The van der Waals surface area contributed by atoms with Gasteiger partial charge in [0.2, 0.25) is 5.91 Å². The number of halogens is 2. The average molecular weight is 284 g/mol. The highest BCUT2D eigenvalue weighted by molar-refractivity contribution is 5.83. The van der Waals surface area contributed by atoms with Crippen molar-refractivity contribution in [1.29, 1.82) is 0 Å². The summed E-state index contributed by atoms with van der Waals surface area (Å²) in [5.41, 5.74) is 5.47. The number of benzene rings is 1. The molecule has 3 N–H and O–H groups in total. The molecule has 0 atom stereocenters. The summed E-state index contributed by atoms with van der Waals surface area (Å²) in [7, 11) is 0. The maximum absolute atomic E-state index is 13.1. The molecule has 20 heavy (non-hydrogen) atoms. The summed E-state index contributed by atoms with van der Waals surface area (Å²) < 4.78 is 31.4. The molecule has 6 heteroatoms. The quantitative estimate of drug-likeness (QED) is 0.877. The van der Waals surface area contributed by atoms with Gasteiger partial charge < -0.3 is 15.8 Å². The molecule has 110 valence electrons. The summed E-state index contributed by atoms with van der Waals surface area (Å²) in [6, 6.07) is 3.19. The van der Waals surface area contributed by atoms with Crippen LogP contribution in [0.2, 0.25) is 0 Å². The summed E-state index contributed by atoms with van der Waals surface area (Å²) in [5.74, 6) is -1.50. The zero-order valence-electron chi connectivity index (χ0n) is 11.1. The van der Waals surface area contributed by atoms with Crippen LogP contribution < -0.4 is 11.1 Å². The van der Waals surface area contributed by atoms with Crippen molar-refractivity contribution in [2.75, 3.05) is 19.8 Å². The molecule has 1 aromatic rings. The van der Waals surface area contributed by atoms with Gasteiger partial charge in [-0.1, -0.05) is 0 Å². The highest BCUT2D eigenvalue weighted by Gasteiger charge is 2.38. The summed E-state index contributed by atoms with van der Waals surface area (Å²) in [4.78, 5) is 12.3. The first-order valence-corrected chi connectivity index (χ1v) is 6.57. The first kappa shape index (κ1) is 14.9. The third kappa shape index (κ3) is 3.32. The summed E-state index contributed by atoms with van der Waals surface area (Å²) in [6.45, 7) is 1.31. The molecular weight excluding hydrogens is 266 g/mol. The van der Waals surface area contributed by atoms with Gasteiger partial charge >= 0.3 is 0 Å². The van der Waals surface area contributed by atoms with Crippen LogP contribution in [0, 0.1) is 17.0 Å². The van der Waals surface area contributed by atoms with Crippen LogP contribution in [0.3, 0.4) is 0 Å². The van der Waals surface area contributed by atoms with E-state index in [2.05, 4.69) is 5.32 Å². The van der Waals surface area contributed by atoms with Gasteiger partial charge in [-0.3, -0.25) is 4.79 Å². The Bertz CT molecular complexity index is 468. The van der Waals surface area contributed by atoms with Gasteiger partial charge in [-0.25, -0.2) is 8.78 Å². The van der Waals surface area contributed by atoms with Gasteiger partial charge in [-0.05, 0) is 30.5 Å². The molecule has 1 aliphatic heterocycles. The SMILES string of the molecule is NCC1(C(=O)NCc2cc(F)cc(F)c2)CCOCC1. The summed E-state index contributed by atoms with van der Waals surface area (Å²) in [5, 5.41) is 2.71. The van der Waals surface area contributed by atoms with E-state index in [1.54, 1.807) is 0 Å². The lowest BCUT2D eigenvalue weighted by atomic mass is 9.79. The van der Waals surface area contributed by atoms with Crippen LogP contribution in [0.15, 0.2) is 18.2 Å². The van der Waals surface area contributed by atoms with Gasteiger partial charge in [0.15, 0.2) is 0 Å².